The smallest absolute Gasteiger partial charge is 0.124 e. The molecular formula is C15H21NO. The highest BCUT2D eigenvalue weighted by molar-refractivity contribution is 5.38. The van der Waals surface area contributed by atoms with Crippen LogP contribution >= 0.6 is 0 Å². The second-order valence-corrected chi connectivity index (χ2v) is 5.90. The van der Waals surface area contributed by atoms with Crippen molar-refractivity contribution in [2.45, 2.75) is 50.7 Å². The summed E-state index contributed by atoms with van der Waals surface area (Å²) in [6.07, 6.45) is 6.24. The molecule has 2 atom stereocenters. The van der Waals surface area contributed by atoms with Crippen LogP contribution in [-0.2, 0) is 0 Å². The van der Waals surface area contributed by atoms with Gasteiger partial charge in [0.1, 0.15) is 11.4 Å². The standard InChI is InChI=1S/C15H21NO/c1-15(9-11-5-4-6-11)10-13(16)12-7-2-3-8-14(12)17-15/h2-3,7-8,11,13H,4-6,9-10,16H2,1H3/t13-,15?/m0/s1. The van der Waals surface area contributed by atoms with Crippen molar-refractivity contribution >= 4 is 0 Å². The molecular weight excluding hydrogens is 210 g/mol. The highest BCUT2D eigenvalue weighted by atomic mass is 16.5. The van der Waals surface area contributed by atoms with E-state index in [2.05, 4.69) is 13.0 Å². The number of fused-ring (bicyclic) bond motifs is 1. The lowest BCUT2D eigenvalue weighted by molar-refractivity contribution is 0.0171. The molecule has 0 aromatic heterocycles. The molecule has 1 saturated carbocycles. The Morgan fingerprint density at radius 2 is 2.12 bits per heavy atom. The molecule has 92 valence electrons. The van der Waals surface area contributed by atoms with E-state index in [0.717, 1.165) is 24.5 Å². The molecule has 17 heavy (non-hydrogen) atoms. The van der Waals surface area contributed by atoms with Gasteiger partial charge in [0.15, 0.2) is 0 Å². The Morgan fingerprint density at radius 1 is 1.35 bits per heavy atom. The van der Waals surface area contributed by atoms with Gasteiger partial charge in [-0.2, -0.15) is 0 Å². The number of para-hydroxylation sites is 1. The second kappa shape index (κ2) is 4.02. The summed E-state index contributed by atoms with van der Waals surface area (Å²) in [7, 11) is 0. The van der Waals surface area contributed by atoms with Gasteiger partial charge < -0.3 is 10.5 Å². The third kappa shape index (κ3) is 2.06. The fourth-order valence-electron chi connectivity index (χ4n) is 3.19. The molecule has 1 heterocycles. The minimum atomic E-state index is -0.0567. The second-order valence-electron chi connectivity index (χ2n) is 5.90. The van der Waals surface area contributed by atoms with Gasteiger partial charge in [-0.25, -0.2) is 0 Å². The molecule has 1 fully saturated rings. The summed E-state index contributed by atoms with van der Waals surface area (Å²) < 4.78 is 6.22. The van der Waals surface area contributed by atoms with Crippen molar-refractivity contribution in [1.29, 1.82) is 0 Å². The molecule has 1 aliphatic carbocycles. The van der Waals surface area contributed by atoms with E-state index >= 15 is 0 Å². The van der Waals surface area contributed by atoms with Crippen LogP contribution in [0.2, 0.25) is 0 Å². The van der Waals surface area contributed by atoms with Crippen LogP contribution in [0.15, 0.2) is 24.3 Å². The van der Waals surface area contributed by atoms with Crippen LogP contribution in [0.3, 0.4) is 0 Å². The van der Waals surface area contributed by atoms with Crippen LogP contribution in [0.5, 0.6) is 5.75 Å². The minimum Gasteiger partial charge on any atom is -0.487 e. The first-order valence-electron chi connectivity index (χ1n) is 6.70. The largest absolute Gasteiger partial charge is 0.487 e. The van der Waals surface area contributed by atoms with Gasteiger partial charge in [0.05, 0.1) is 0 Å². The summed E-state index contributed by atoms with van der Waals surface area (Å²) in [6, 6.07) is 8.33. The number of hydrogen-bond acceptors (Lipinski definition) is 2. The summed E-state index contributed by atoms with van der Waals surface area (Å²) in [5.41, 5.74) is 7.39. The summed E-state index contributed by atoms with van der Waals surface area (Å²) in [5, 5.41) is 0. The summed E-state index contributed by atoms with van der Waals surface area (Å²) in [5.74, 6) is 1.85. The van der Waals surface area contributed by atoms with Crippen molar-refractivity contribution in [2.24, 2.45) is 11.7 Å². The quantitative estimate of drug-likeness (QED) is 0.846. The van der Waals surface area contributed by atoms with E-state index in [1.807, 2.05) is 18.2 Å². The van der Waals surface area contributed by atoms with Gasteiger partial charge in [0.2, 0.25) is 0 Å². The van der Waals surface area contributed by atoms with Gasteiger partial charge in [-0.15, -0.1) is 0 Å². The Morgan fingerprint density at radius 3 is 2.82 bits per heavy atom. The molecule has 1 aromatic rings. The zero-order valence-corrected chi connectivity index (χ0v) is 10.5. The zero-order chi connectivity index (χ0) is 11.9. The maximum atomic E-state index is 6.28. The molecule has 2 heteroatoms. The Balaban J connectivity index is 1.81. The Kier molecular flexibility index (Phi) is 2.62. The maximum absolute atomic E-state index is 6.28. The first kappa shape index (κ1) is 11.1. The first-order chi connectivity index (χ1) is 8.16. The van der Waals surface area contributed by atoms with Crippen LogP contribution in [0.4, 0.5) is 0 Å². The Bertz CT molecular complexity index is 413. The fourth-order valence-corrected chi connectivity index (χ4v) is 3.19. The van der Waals surface area contributed by atoms with Crippen molar-refractivity contribution in [3.63, 3.8) is 0 Å². The topological polar surface area (TPSA) is 35.2 Å². The lowest BCUT2D eigenvalue weighted by Gasteiger charge is -2.42. The van der Waals surface area contributed by atoms with E-state index in [1.165, 1.54) is 24.8 Å². The number of rotatable bonds is 2. The molecule has 0 amide bonds. The van der Waals surface area contributed by atoms with Crippen molar-refractivity contribution in [3.8, 4) is 5.75 Å². The molecule has 2 aliphatic rings. The fraction of sp³-hybridized carbons (Fsp3) is 0.600. The molecule has 0 saturated heterocycles. The molecule has 3 rings (SSSR count). The lowest BCUT2D eigenvalue weighted by atomic mass is 9.74. The van der Waals surface area contributed by atoms with Gasteiger partial charge in [-0.1, -0.05) is 37.5 Å². The zero-order valence-electron chi connectivity index (χ0n) is 10.5. The monoisotopic (exact) mass is 231 g/mol. The molecule has 1 aromatic carbocycles. The average molecular weight is 231 g/mol. The highest BCUT2D eigenvalue weighted by Crippen LogP contribution is 2.44. The number of benzene rings is 1. The van der Waals surface area contributed by atoms with E-state index in [1.54, 1.807) is 0 Å². The third-order valence-corrected chi connectivity index (χ3v) is 4.27. The van der Waals surface area contributed by atoms with Crippen LogP contribution in [0, 0.1) is 5.92 Å². The Hall–Kier alpha value is -1.02. The van der Waals surface area contributed by atoms with Gasteiger partial charge >= 0.3 is 0 Å². The van der Waals surface area contributed by atoms with Crippen LogP contribution in [0.1, 0.15) is 50.6 Å². The Labute approximate surface area is 103 Å². The average Bonchev–Trinajstić information content (AvgIpc) is 2.24. The van der Waals surface area contributed by atoms with Crippen molar-refractivity contribution in [3.05, 3.63) is 29.8 Å². The van der Waals surface area contributed by atoms with Gasteiger partial charge in [0.25, 0.3) is 0 Å². The van der Waals surface area contributed by atoms with Crippen LogP contribution in [0.25, 0.3) is 0 Å². The summed E-state index contributed by atoms with van der Waals surface area (Å²) in [6.45, 7) is 2.22. The van der Waals surface area contributed by atoms with E-state index in [4.69, 9.17) is 10.5 Å². The van der Waals surface area contributed by atoms with E-state index in [0.29, 0.717) is 0 Å². The maximum Gasteiger partial charge on any atom is 0.124 e. The summed E-state index contributed by atoms with van der Waals surface area (Å²) >= 11 is 0. The van der Waals surface area contributed by atoms with E-state index in [9.17, 15) is 0 Å². The third-order valence-electron chi connectivity index (χ3n) is 4.27. The van der Waals surface area contributed by atoms with Crippen LogP contribution in [-0.4, -0.2) is 5.60 Å². The van der Waals surface area contributed by atoms with E-state index < -0.39 is 0 Å². The van der Waals surface area contributed by atoms with Gasteiger partial charge in [-0.3, -0.25) is 0 Å². The predicted molar refractivity (Wildman–Crippen MR) is 69.0 cm³/mol. The van der Waals surface area contributed by atoms with Crippen molar-refractivity contribution in [2.75, 3.05) is 0 Å². The lowest BCUT2D eigenvalue weighted by Crippen LogP contribution is -2.42. The molecule has 2 N–H and O–H groups in total. The normalized spacial score (nSPS) is 32.5. The van der Waals surface area contributed by atoms with Crippen LogP contribution < -0.4 is 10.5 Å². The summed E-state index contributed by atoms with van der Waals surface area (Å²) in [4.78, 5) is 0. The molecule has 0 spiro atoms. The minimum absolute atomic E-state index is 0.0567. The predicted octanol–water partition coefficient (Wildman–Crippen LogP) is 3.42. The molecule has 2 nitrogen and oxygen atoms in total. The molecule has 1 aliphatic heterocycles. The number of nitrogens with two attached hydrogens (primary N) is 1. The molecule has 1 unspecified atom stereocenters. The van der Waals surface area contributed by atoms with Gasteiger partial charge in [0, 0.05) is 18.0 Å². The molecule has 0 bridgehead atoms. The van der Waals surface area contributed by atoms with Crippen molar-refractivity contribution in [1.82, 2.24) is 0 Å². The van der Waals surface area contributed by atoms with Gasteiger partial charge in [-0.05, 0) is 25.3 Å². The number of hydrogen-bond donors (Lipinski definition) is 1. The molecule has 0 radical (unpaired) electrons. The SMILES string of the molecule is CC1(CC2CCC2)C[C@H](N)c2ccccc2O1. The first-order valence-corrected chi connectivity index (χ1v) is 6.70. The highest BCUT2D eigenvalue weighted by Gasteiger charge is 2.38. The number of ether oxygens (including phenoxy) is 1. The van der Waals surface area contributed by atoms with Crippen molar-refractivity contribution < 1.29 is 4.74 Å². The van der Waals surface area contributed by atoms with E-state index in [-0.39, 0.29) is 11.6 Å².